The topological polar surface area (TPSA) is 6.48 Å². The summed E-state index contributed by atoms with van der Waals surface area (Å²) in [5, 5.41) is 0. The molecule has 0 aromatic heterocycles. The highest BCUT2D eigenvalue weighted by Crippen LogP contribution is 2.24. The SMILES string of the molecule is CCCCCCCCCCCCCCN1C=CN(CCCCCCCCC)C1CCCCCCCCCCCCC. The molecular formula is C39H78N2. The monoisotopic (exact) mass is 575 g/mol. The second kappa shape index (κ2) is 30.8. The Balaban J connectivity index is 2.21. The Kier molecular flexibility index (Phi) is 28.8. The van der Waals surface area contributed by atoms with Gasteiger partial charge in [0.2, 0.25) is 0 Å². The summed E-state index contributed by atoms with van der Waals surface area (Å²) in [7, 11) is 0. The van der Waals surface area contributed by atoms with E-state index in [1.54, 1.807) is 0 Å². The summed E-state index contributed by atoms with van der Waals surface area (Å²) in [5.74, 6) is 0. The number of nitrogens with zero attached hydrogens (tertiary/aromatic N) is 2. The van der Waals surface area contributed by atoms with Gasteiger partial charge in [0.05, 0.1) is 0 Å². The van der Waals surface area contributed by atoms with E-state index in [2.05, 4.69) is 43.0 Å². The smallest absolute Gasteiger partial charge is 0.101 e. The fourth-order valence-corrected chi connectivity index (χ4v) is 6.72. The highest BCUT2D eigenvalue weighted by Gasteiger charge is 2.24. The van der Waals surface area contributed by atoms with Gasteiger partial charge in [-0.15, -0.1) is 0 Å². The molecule has 0 N–H and O–H groups in total. The molecule has 1 heterocycles. The number of hydrogen-bond acceptors (Lipinski definition) is 2. The second-order valence-corrected chi connectivity index (χ2v) is 13.6. The van der Waals surface area contributed by atoms with E-state index in [-0.39, 0.29) is 0 Å². The molecule has 0 aliphatic carbocycles. The molecule has 1 aliphatic rings. The van der Waals surface area contributed by atoms with Crippen molar-refractivity contribution in [1.82, 2.24) is 9.80 Å². The first-order chi connectivity index (χ1) is 20.3. The zero-order valence-corrected chi connectivity index (χ0v) is 29.0. The number of unbranched alkanes of at least 4 members (excludes halogenated alkanes) is 27. The van der Waals surface area contributed by atoms with Gasteiger partial charge in [-0.3, -0.25) is 0 Å². The molecule has 0 aromatic rings. The Morgan fingerprint density at radius 3 is 0.854 bits per heavy atom. The molecule has 244 valence electrons. The third-order valence-electron chi connectivity index (χ3n) is 9.57. The Morgan fingerprint density at radius 1 is 0.317 bits per heavy atom. The third-order valence-corrected chi connectivity index (χ3v) is 9.57. The van der Waals surface area contributed by atoms with Crippen molar-refractivity contribution in [2.24, 2.45) is 0 Å². The molecule has 0 aromatic carbocycles. The summed E-state index contributed by atoms with van der Waals surface area (Å²) >= 11 is 0. The molecule has 2 heteroatoms. The zero-order chi connectivity index (χ0) is 29.5. The highest BCUT2D eigenvalue weighted by molar-refractivity contribution is 4.97. The molecule has 0 saturated heterocycles. The van der Waals surface area contributed by atoms with E-state index >= 15 is 0 Å². The lowest BCUT2D eigenvalue weighted by Gasteiger charge is -2.33. The summed E-state index contributed by atoms with van der Waals surface area (Å²) in [6, 6.07) is 0. The van der Waals surface area contributed by atoms with Crippen LogP contribution in [-0.4, -0.2) is 29.1 Å². The van der Waals surface area contributed by atoms with Crippen LogP contribution in [0.4, 0.5) is 0 Å². The van der Waals surface area contributed by atoms with Crippen LogP contribution < -0.4 is 0 Å². The van der Waals surface area contributed by atoms with E-state index in [9.17, 15) is 0 Å². The molecule has 0 spiro atoms. The fourth-order valence-electron chi connectivity index (χ4n) is 6.72. The van der Waals surface area contributed by atoms with E-state index in [0.29, 0.717) is 6.17 Å². The molecule has 1 aliphatic heterocycles. The molecule has 41 heavy (non-hydrogen) atoms. The summed E-state index contributed by atoms with van der Waals surface area (Å²) in [6.45, 7) is 9.48. The van der Waals surface area contributed by atoms with Crippen molar-refractivity contribution in [3.8, 4) is 0 Å². The van der Waals surface area contributed by atoms with Gasteiger partial charge >= 0.3 is 0 Å². The van der Waals surface area contributed by atoms with Crippen molar-refractivity contribution >= 4 is 0 Å². The van der Waals surface area contributed by atoms with Crippen molar-refractivity contribution < 1.29 is 0 Å². The minimum Gasteiger partial charge on any atom is -0.356 e. The van der Waals surface area contributed by atoms with Gasteiger partial charge in [0.1, 0.15) is 6.17 Å². The molecule has 1 atom stereocenters. The third kappa shape index (κ3) is 23.5. The van der Waals surface area contributed by atoms with Crippen molar-refractivity contribution in [1.29, 1.82) is 0 Å². The summed E-state index contributed by atoms with van der Waals surface area (Å²) in [6.07, 6.45) is 49.9. The fraction of sp³-hybridized carbons (Fsp3) is 0.949. The van der Waals surface area contributed by atoms with E-state index in [4.69, 9.17) is 0 Å². The molecule has 0 fully saturated rings. The molecule has 1 rings (SSSR count). The number of hydrogen-bond donors (Lipinski definition) is 0. The van der Waals surface area contributed by atoms with E-state index < -0.39 is 0 Å². The first-order valence-corrected chi connectivity index (χ1v) is 19.5. The van der Waals surface area contributed by atoms with Crippen LogP contribution in [0.3, 0.4) is 0 Å². The predicted molar refractivity (Wildman–Crippen MR) is 186 cm³/mol. The van der Waals surface area contributed by atoms with Gasteiger partial charge in [0, 0.05) is 25.5 Å². The quantitative estimate of drug-likeness (QED) is 0.0719. The van der Waals surface area contributed by atoms with Crippen LogP contribution in [0.5, 0.6) is 0 Å². The maximum atomic E-state index is 2.72. The van der Waals surface area contributed by atoms with Gasteiger partial charge in [-0.1, -0.05) is 194 Å². The Labute approximate surface area is 260 Å². The lowest BCUT2D eigenvalue weighted by Crippen LogP contribution is -2.39. The lowest BCUT2D eigenvalue weighted by atomic mass is 10.0. The Bertz CT molecular complexity index is 530. The average molecular weight is 575 g/mol. The Hall–Kier alpha value is -0.660. The van der Waals surface area contributed by atoms with Crippen molar-refractivity contribution in [2.45, 2.75) is 226 Å². The van der Waals surface area contributed by atoms with Crippen LogP contribution in [0, 0.1) is 0 Å². The van der Waals surface area contributed by atoms with Gasteiger partial charge in [-0.05, 0) is 25.7 Å². The molecular weight excluding hydrogens is 496 g/mol. The minimum atomic E-state index is 0.640. The first kappa shape index (κ1) is 38.4. The van der Waals surface area contributed by atoms with Gasteiger partial charge < -0.3 is 9.80 Å². The number of rotatable bonds is 33. The molecule has 0 saturated carbocycles. The zero-order valence-electron chi connectivity index (χ0n) is 29.0. The first-order valence-electron chi connectivity index (χ1n) is 19.5. The van der Waals surface area contributed by atoms with Gasteiger partial charge in [0.15, 0.2) is 0 Å². The van der Waals surface area contributed by atoms with Crippen LogP contribution >= 0.6 is 0 Å². The molecule has 0 amide bonds. The van der Waals surface area contributed by atoms with Gasteiger partial charge in [-0.2, -0.15) is 0 Å². The van der Waals surface area contributed by atoms with Crippen LogP contribution in [0.1, 0.15) is 220 Å². The van der Waals surface area contributed by atoms with E-state index in [1.165, 1.54) is 212 Å². The largest absolute Gasteiger partial charge is 0.356 e. The summed E-state index contributed by atoms with van der Waals surface area (Å²) < 4.78 is 0. The normalized spacial score (nSPS) is 15.0. The standard InChI is InChI=1S/C39H78N2/c1-4-7-10-13-16-18-20-22-24-27-30-33-36-41-38-37-40(35-32-29-26-15-12-9-6-3)39(41)34-31-28-25-23-21-19-17-14-11-8-5-2/h37-39H,4-36H2,1-3H3. The minimum absolute atomic E-state index is 0.640. The van der Waals surface area contributed by atoms with Crippen molar-refractivity contribution in [3.05, 3.63) is 12.4 Å². The maximum Gasteiger partial charge on any atom is 0.101 e. The average Bonchev–Trinajstić information content (AvgIpc) is 3.37. The van der Waals surface area contributed by atoms with Crippen molar-refractivity contribution in [2.75, 3.05) is 13.1 Å². The van der Waals surface area contributed by atoms with Crippen LogP contribution in [-0.2, 0) is 0 Å². The lowest BCUT2D eigenvalue weighted by molar-refractivity contribution is 0.135. The van der Waals surface area contributed by atoms with Crippen LogP contribution in [0.2, 0.25) is 0 Å². The molecule has 1 unspecified atom stereocenters. The molecule has 0 radical (unpaired) electrons. The van der Waals surface area contributed by atoms with Crippen LogP contribution in [0.15, 0.2) is 12.4 Å². The maximum absolute atomic E-state index is 2.72. The van der Waals surface area contributed by atoms with Gasteiger partial charge in [0.25, 0.3) is 0 Å². The molecule has 0 bridgehead atoms. The summed E-state index contributed by atoms with van der Waals surface area (Å²) in [4.78, 5) is 5.43. The van der Waals surface area contributed by atoms with Gasteiger partial charge in [-0.25, -0.2) is 0 Å². The van der Waals surface area contributed by atoms with E-state index in [0.717, 1.165) is 0 Å². The predicted octanol–water partition coefficient (Wildman–Crippen LogP) is 13.6. The molecule has 2 nitrogen and oxygen atoms in total. The van der Waals surface area contributed by atoms with Crippen LogP contribution in [0.25, 0.3) is 0 Å². The summed E-state index contributed by atoms with van der Waals surface area (Å²) in [5.41, 5.74) is 0. The van der Waals surface area contributed by atoms with Crippen molar-refractivity contribution in [3.63, 3.8) is 0 Å². The highest BCUT2D eigenvalue weighted by atomic mass is 15.4. The Morgan fingerprint density at radius 2 is 0.561 bits per heavy atom. The second-order valence-electron chi connectivity index (χ2n) is 13.6. The van der Waals surface area contributed by atoms with E-state index in [1.807, 2.05) is 0 Å².